The molecule has 0 aromatic carbocycles. The fraction of sp³-hybridized carbons (Fsp3) is 1.00. The topological polar surface area (TPSA) is 20.2 Å². The van der Waals surface area contributed by atoms with E-state index < -0.39 is 47.8 Å². The zero-order valence-electron chi connectivity index (χ0n) is 11.9. The van der Waals surface area contributed by atoms with E-state index in [9.17, 15) is 74.6 Å². The minimum atomic E-state index is -8.67. The van der Waals surface area contributed by atoms with E-state index in [0.717, 1.165) is 0 Å². The number of alkyl halides is 17. The van der Waals surface area contributed by atoms with Gasteiger partial charge in [0.2, 0.25) is 0 Å². The molecule has 0 rings (SSSR count). The second-order valence-corrected chi connectivity index (χ2v) is 4.49. The molecular weight excluding hydrogens is 458 g/mol. The Bertz CT molecular complexity index is 480. The molecule has 0 saturated heterocycles. The molecule has 0 aromatic rings. The van der Waals surface area contributed by atoms with Crippen molar-refractivity contribution in [3.63, 3.8) is 0 Å². The first-order valence-corrected chi connectivity index (χ1v) is 5.19. The molecule has 0 bridgehead atoms. The average molecular weight is 459 g/mol. The van der Waals surface area contributed by atoms with Gasteiger partial charge in [-0.2, -0.15) is 74.6 Å². The van der Waals surface area contributed by atoms with Crippen molar-refractivity contribution < 1.29 is 79.7 Å². The molecule has 1 N–H and O–H groups in total. The molecule has 0 heterocycles. The van der Waals surface area contributed by atoms with Gasteiger partial charge < -0.3 is 5.11 Å². The minimum Gasteiger partial charge on any atom is -0.331 e. The number of hydrogen-bond acceptors (Lipinski definition) is 1. The summed E-state index contributed by atoms with van der Waals surface area (Å²) >= 11 is 0. The zero-order chi connectivity index (χ0) is 22.0. The second kappa shape index (κ2) is 6.93. The number of rotatable bonds is 6. The van der Waals surface area contributed by atoms with Crippen LogP contribution in [0.3, 0.4) is 0 Å². The molecule has 0 aliphatic heterocycles. The smallest absolute Gasteiger partial charge is 0.331 e. The van der Waals surface area contributed by atoms with E-state index in [2.05, 4.69) is 0 Å². The first-order chi connectivity index (χ1) is 10.8. The molecule has 159 valence electrons. The Morgan fingerprint density at radius 1 is 0.333 bits per heavy atom. The molecule has 1 nitrogen and oxygen atoms in total. The Morgan fingerprint density at radius 2 is 0.519 bits per heavy atom. The summed E-state index contributed by atoms with van der Waals surface area (Å²) in [7, 11) is 0. The van der Waals surface area contributed by atoms with E-state index in [4.69, 9.17) is 5.11 Å². The molecule has 0 spiro atoms. The van der Waals surface area contributed by atoms with Crippen molar-refractivity contribution in [2.45, 2.75) is 47.8 Å². The Morgan fingerprint density at radius 3 is 0.704 bits per heavy atom. The van der Waals surface area contributed by atoms with Crippen LogP contribution in [0.5, 0.6) is 0 Å². The number of hydrogen-bond donors (Lipinski definition) is 1. The summed E-state index contributed by atoms with van der Waals surface area (Å²) in [5, 5.41) is 7.34. The monoisotopic (exact) mass is 459 g/mol. The number of halogens is 17. The summed E-state index contributed by atoms with van der Waals surface area (Å²) in [4.78, 5) is 0. The van der Waals surface area contributed by atoms with Gasteiger partial charge in [-0.15, -0.1) is 0 Å². The maximum absolute atomic E-state index is 12.8. The molecule has 0 aliphatic carbocycles. The van der Waals surface area contributed by atoms with Crippen LogP contribution in [0.25, 0.3) is 0 Å². The molecule has 0 unspecified atom stereocenters. The van der Waals surface area contributed by atoms with Crippen LogP contribution in [0.4, 0.5) is 74.6 Å². The van der Waals surface area contributed by atoms with Gasteiger partial charge in [-0.1, -0.05) is 0 Å². The van der Waals surface area contributed by atoms with Gasteiger partial charge in [-0.25, -0.2) is 0 Å². The molecule has 0 amide bonds. The first kappa shape index (κ1) is 29.0. The van der Waals surface area contributed by atoms with Crippen LogP contribution in [0.15, 0.2) is 0 Å². The van der Waals surface area contributed by atoms with Crippen LogP contribution in [0.2, 0.25) is 0 Å². The fourth-order valence-corrected chi connectivity index (χ4v) is 1.16. The van der Waals surface area contributed by atoms with Crippen molar-refractivity contribution in [3.05, 3.63) is 0 Å². The van der Waals surface area contributed by atoms with Gasteiger partial charge in [0.15, 0.2) is 0 Å². The molecule has 27 heavy (non-hydrogen) atoms. The number of aliphatic hydroxyl groups is 1. The zero-order valence-corrected chi connectivity index (χ0v) is 13.9. The van der Waals surface area contributed by atoms with Crippen LogP contribution in [-0.4, -0.2) is 82.5 Å². The summed E-state index contributed by atoms with van der Waals surface area (Å²) in [6.07, 6.45) is -15.1. The molecule has 0 saturated carbocycles. The van der Waals surface area contributed by atoms with Crippen molar-refractivity contribution in [1.82, 2.24) is 0 Å². The van der Waals surface area contributed by atoms with E-state index in [0.29, 0.717) is 0 Å². The molecule has 0 atom stereocenters. The maximum atomic E-state index is 12.8. The Hall–Kier alpha value is -0.230. The van der Waals surface area contributed by atoms with Gasteiger partial charge in [0.05, 0.1) is 0 Å². The van der Waals surface area contributed by atoms with Gasteiger partial charge in [-0.3, -0.25) is 0 Å². The predicted molar refractivity (Wildman–Crippen MR) is 48.7 cm³/mol. The fourth-order valence-electron chi connectivity index (χ4n) is 1.16. The Kier molecular flexibility index (Phi) is 7.44. The maximum Gasteiger partial charge on any atom is 0.460 e. The SMILES string of the molecule is OC(F)(F)C(F)(F)C(F)(F)C(F)(F)C(F)(F)C(F)(F)C(F)(F)C(F)(F)F.[Na]. The van der Waals surface area contributed by atoms with Crippen LogP contribution in [-0.2, 0) is 0 Å². The van der Waals surface area contributed by atoms with E-state index in [1.807, 2.05) is 0 Å². The first-order valence-electron chi connectivity index (χ1n) is 5.19. The van der Waals surface area contributed by atoms with Crippen LogP contribution in [0, 0.1) is 0 Å². The molecule has 0 aromatic heterocycles. The molecule has 1 radical (unpaired) electrons. The van der Waals surface area contributed by atoms with Crippen molar-refractivity contribution in [2.24, 2.45) is 0 Å². The summed E-state index contributed by atoms with van der Waals surface area (Å²) in [6.45, 7) is 0. The summed E-state index contributed by atoms with van der Waals surface area (Å²) in [5.74, 6) is -50.5. The third-order valence-corrected chi connectivity index (χ3v) is 2.71. The van der Waals surface area contributed by atoms with Crippen LogP contribution in [0.1, 0.15) is 0 Å². The van der Waals surface area contributed by atoms with Gasteiger partial charge in [0, 0.05) is 29.6 Å². The summed E-state index contributed by atoms with van der Waals surface area (Å²) in [5.41, 5.74) is 0. The third-order valence-electron chi connectivity index (χ3n) is 2.71. The molecule has 0 fully saturated rings. The minimum absolute atomic E-state index is 0. The van der Waals surface area contributed by atoms with Gasteiger partial charge >= 0.3 is 47.8 Å². The Labute approximate surface area is 157 Å². The largest absolute Gasteiger partial charge is 0.460 e. The summed E-state index contributed by atoms with van der Waals surface area (Å²) in [6, 6.07) is 0. The normalized spacial score (nSPS) is 16.2. The molecule has 19 heteroatoms. The van der Waals surface area contributed by atoms with E-state index >= 15 is 0 Å². The average Bonchev–Trinajstić information content (AvgIpc) is 2.34. The molecule has 0 aliphatic rings. The quantitative estimate of drug-likeness (QED) is 0.456. The van der Waals surface area contributed by atoms with Gasteiger partial charge in [0.1, 0.15) is 0 Å². The molecular formula is C8HF17NaO. The van der Waals surface area contributed by atoms with E-state index in [1.165, 1.54) is 0 Å². The van der Waals surface area contributed by atoms with Crippen LogP contribution < -0.4 is 0 Å². The predicted octanol–water partition coefficient (Wildman–Crippen LogP) is 4.56. The van der Waals surface area contributed by atoms with Crippen molar-refractivity contribution in [3.8, 4) is 0 Å². The van der Waals surface area contributed by atoms with Crippen molar-refractivity contribution in [1.29, 1.82) is 0 Å². The second-order valence-electron chi connectivity index (χ2n) is 4.49. The standard InChI is InChI=1S/C8HF17O.Na/c9-1(10,3(13,14)5(17,18)7(21,22)23)2(11,12)4(15,16)6(19,20)8(24,25)26;/h26H;. The van der Waals surface area contributed by atoms with Crippen LogP contribution >= 0.6 is 0 Å². The van der Waals surface area contributed by atoms with Gasteiger partial charge in [-0.05, 0) is 0 Å². The summed E-state index contributed by atoms with van der Waals surface area (Å²) < 4.78 is 210. The third kappa shape index (κ3) is 3.70. The van der Waals surface area contributed by atoms with E-state index in [-0.39, 0.29) is 29.6 Å². The van der Waals surface area contributed by atoms with Gasteiger partial charge in [0.25, 0.3) is 0 Å². The van der Waals surface area contributed by atoms with Crippen molar-refractivity contribution >= 4 is 29.6 Å². The van der Waals surface area contributed by atoms with Crippen molar-refractivity contribution in [2.75, 3.05) is 0 Å². The Balaban J connectivity index is 0. The van der Waals surface area contributed by atoms with E-state index in [1.54, 1.807) is 0 Å².